The number of pyridine rings is 1. The Hall–Kier alpha value is -3.79. The maximum Gasteiger partial charge on any atom is 0.573 e. The largest absolute Gasteiger partial charge is 0.573 e. The molecule has 0 saturated heterocycles. The van der Waals surface area contributed by atoms with Crippen molar-refractivity contribution in [3.63, 3.8) is 0 Å². The Labute approximate surface area is 220 Å². The first-order chi connectivity index (χ1) is 18.3. The predicted octanol–water partition coefficient (Wildman–Crippen LogP) is 7.35. The number of benzene rings is 2. The Morgan fingerprint density at radius 1 is 1.03 bits per heavy atom. The molecule has 1 aromatic heterocycles. The van der Waals surface area contributed by atoms with Gasteiger partial charge in [-0.15, -0.1) is 13.2 Å². The number of halogens is 3. The van der Waals surface area contributed by atoms with E-state index in [1.54, 1.807) is 18.3 Å². The van der Waals surface area contributed by atoms with Crippen molar-refractivity contribution in [1.82, 2.24) is 9.88 Å². The second kappa shape index (κ2) is 12.6. The van der Waals surface area contributed by atoms with Gasteiger partial charge in [-0.1, -0.05) is 38.3 Å². The van der Waals surface area contributed by atoms with Crippen LogP contribution in [0.15, 0.2) is 60.8 Å². The van der Waals surface area contributed by atoms with Gasteiger partial charge in [0.25, 0.3) is 0 Å². The molecule has 1 aliphatic heterocycles. The van der Waals surface area contributed by atoms with Gasteiger partial charge in [0.15, 0.2) is 0 Å². The second-order valence-electron chi connectivity index (χ2n) is 9.09. The number of carbonyl (C=O) groups excluding carboxylic acids is 1. The fourth-order valence-corrected chi connectivity index (χ4v) is 4.38. The summed E-state index contributed by atoms with van der Waals surface area (Å²) in [6.07, 6.45) is 2.61. The highest BCUT2D eigenvalue weighted by atomic mass is 19.4. The van der Waals surface area contributed by atoms with Gasteiger partial charge in [0.1, 0.15) is 17.2 Å². The minimum atomic E-state index is -4.78. The lowest BCUT2D eigenvalue weighted by molar-refractivity contribution is -0.274. The van der Waals surface area contributed by atoms with E-state index in [1.165, 1.54) is 43.4 Å². The van der Waals surface area contributed by atoms with E-state index >= 15 is 0 Å². The van der Waals surface area contributed by atoms with Crippen molar-refractivity contribution in [3.8, 4) is 17.4 Å². The molecule has 0 saturated carbocycles. The average molecular weight is 529 g/mol. The van der Waals surface area contributed by atoms with Gasteiger partial charge < -0.3 is 20.1 Å². The van der Waals surface area contributed by atoms with Gasteiger partial charge in [-0.05, 0) is 67.4 Å². The maximum atomic E-state index is 12.6. The Kier molecular flexibility index (Phi) is 9.06. The number of carbonyl (C=O) groups is 1. The van der Waals surface area contributed by atoms with Gasteiger partial charge in [-0.25, -0.2) is 9.78 Å². The molecule has 2 amide bonds. The molecule has 7 nitrogen and oxygen atoms in total. The van der Waals surface area contributed by atoms with E-state index in [2.05, 4.69) is 38.2 Å². The molecule has 202 valence electrons. The van der Waals surface area contributed by atoms with Crippen molar-refractivity contribution in [2.24, 2.45) is 0 Å². The van der Waals surface area contributed by atoms with Crippen molar-refractivity contribution in [1.29, 1.82) is 0 Å². The van der Waals surface area contributed by atoms with Crippen molar-refractivity contribution >= 4 is 17.4 Å². The Morgan fingerprint density at radius 3 is 2.61 bits per heavy atom. The number of nitrogens with one attached hydrogen (secondary N) is 2. The highest BCUT2D eigenvalue weighted by molar-refractivity contribution is 6.00. The lowest BCUT2D eigenvalue weighted by Crippen LogP contribution is -2.31. The molecule has 0 radical (unpaired) electrons. The zero-order chi connectivity index (χ0) is 27.0. The van der Waals surface area contributed by atoms with Crippen LogP contribution in [0, 0.1) is 0 Å². The smallest absolute Gasteiger partial charge is 0.437 e. The minimum Gasteiger partial charge on any atom is -0.437 e. The molecule has 0 fully saturated rings. The summed E-state index contributed by atoms with van der Waals surface area (Å²) in [6, 6.07) is 13.6. The van der Waals surface area contributed by atoms with E-state index in [9.17, 15) is 18.0 Å². The zero-order valence-electron chi connectivity index (χ0n) is 21.2. The van der Waals surface area contributed by atoms with Crippen LogP contribution in [0.25, 0.3) is 0 Å². The van der Waals surface area contributed by atoms with Crippen LogP contribution in [-0.2, 0) is 13.0 Å². The molecule has 0 unspecified atom stereocenters. The summed E-state index contributed by atoms with van der Waals surface area (Å²) in [5.41, 5.74) is 3.01. The van der Waals surface area contributed by atoms with Gasteiger partial charge in [0.2, 0.25) is 5.88 Å². The molecule has 0 atom stereocenters. The van der Waals surface area contributed by atoms with Crippen LogP contribution in [-0.4, -0.2) is 35.4 Å². The fourth-order valence-electron chi connectivity index (χ4n) is 4.38. The third-order valence-electron chi connectivity index (χ3n) is 6.20. The maximum absolute atomic E-state index is 12.6. The van der Waals surface area contributed by atoms with E-state index in [0.29, 0.717) is 17.1 Å². The number of aromatic nitrogens is 1. The highest BCUT2D eigenvalue weighted by Crippen LogP contribution is 2.34. The number of nitrogens with zero attached hydrogens (tertiary/aromatic N) is 2. The van der Waals surface area contributed by atoms with Crippen LogP contribution in [0.2, 0.25) is 0 Å². The number of fused-ring (bicyclic) bond motifs is 1. The van der Waals surface area contributed by atoms with E-state index in [0.717, 1.165) is 43.8 Å². The number of unbranched alkanes of at least 4 members (excludes halogenated alkanes) is 3. The highest BCUT2D eigenvalue weighted by Gasteiger charge is 2.31. The standard InChI is InChI=1S/C28H31F3N4O3/c1-2-3-4-5-17-35-18-15-23-20(19-35)8-6-10-25(23)37-26-24(9-7-16-32-26)34-27(36)33-21-11-13-22(14-12-21)38-28(29,30)31/h6-14,16H,2-5,15,17-19H2,1H3,(H2,33,34,36). The van der Waals surface area contributed by atoms with Gasteiger partial charge >= 0.3 is 12.4 Å². The first-order valence-corrected chi connectivity index (χ1v) is 12.7. The normalized spacial score (nSPS) is 13.5. The second-order valence-corrected chi connectivity index (χ2v) is 9.09. The van der Waals surface area contributed by atoms with E-state index in [4.69, 9.17) is 4.74 Å². The monoisotopic (exact) mass is 528 g/mol. The van der Waals surface area contributed by atoms with Crippen molar-refractivity contribution in [2.75, 3.05) is 23.7 Å². The minimum absolute atomic E-state index is 0.243. The molecular formula is C28H31F3N4O3. The molecule has 38 heavy (non-hydrogen) atoms. The fraction of sp³-hybridized carbons (Fsp3) is 0.357. The summed E-state index contributed by atoms with van der Waals surface area (Å²) in [7, 11) is 0. The number of amides is 2. The quantitative estimate of drug-likeness (QED) is 0.269. The summed E-state index contributed by atoms with van der Waals surface area (Å²) < 4.78 is 47.1. The number of urea groups is 1. The lowest BCUT2D eigenvalue weighted by Gasteiger charge is -2.29. The Morgan fingerprint density at radius 2 is 1.84 bits per heavy atom. The van der Waals surface area contributed by atoms with Crippen LogP contribution in [0.5, 0.6) is 17.4 Å². The molecule has 1 aliphatic rings. The van der Waals surface area contributed by atoms with E-state index in [-0.39, 0.29) is 11.6 Å². The SMILES string of the molecule is CCCCCCN1CCc2c(cccc2Oc2ncccc2NC(=O)Nc2ccc(OC(F)(F)F)cc2)C1. The van der Waals surface area contributed by atoms with Crippen LogP contribution < -0.4 is 20.1 Å². The lowest BCUT2D eigenvalue weighted by atomic mass is 9.98. The van der Waals surface area contributed by atoms with Crippen LogP contribution >= 0.6 is 0 Å². The Bertz CT molecular complexity index is 1220. The van der Waals surface area contributed by atoms with Gasteiger partial charge in [-0.3, -0.25) is 4.90 Å². The molecule has 3 aromatic rings. The number of alkyl halides is 3. The molecule has 2 aromatic carbocycles. The van der Waals surface area contributed by atoms with E-state index < -0.39 is 12.4 Å². The van der Waals surface area contributed by atoms with Crippen molar-refractivity contribution in [3.05, 3.63) is 71.9 Å². The topological polar surface area (TPSA) is 75.7 Å². The first-order valence-electron chi connectivity index (χ1n) is 12.7. The summed E-state index contributed by atoms with van der Waals surface area (Å²) >= 11 is 0. The number of hydrogen-bond donors (Lipinski definition) is 2. The third kappa shape index (κ3) is 7.85. The van der Waals surface area contributed by atoms with Crippen LogP contribution in [0.3, 0.4) is 0 Å². The summed E-state index contributed by atoms with van der Waals surface area (Å²) in [5, 5.41) is 5.27. The van der Waals surface area contributed by atoms with E-state index in [1.807, 2.05) is 12.1 Å². The predicted molar refractivity (Wildman–Crippen MR) is 140 cm³/mol. The zero-order valence-corrected chi connectivity index (χ0v) is 21.2. The number of rotatable bonds is 10. The molecule has 0 spiro atoms. The summed E-state index contributed by atoms with van der Waals surface area (Å²) in [4.78, 5) is 19.4. The summed E-state index contributed by atoms with van der Waals surface area (Å²) in [6.45, 7) is 5.14. The van der Waals surface area contributed by atoms with Gasteiger partial charge in [0.05, 0.1) is 0 Å². The number of anilines is 2. The summed E-state index contributed by atoms with van der Waals surface area (Å²) in [5.74, 6) is 0.569. The third-order valence-corrected chi connectivity index (χ3v) is 6.20. The number of ether oxygens (including phenoxy) is 2. The van der Waals surface area contributed by atoms with Gasteiger partial charge in [0, 0.05) is 30.5 Å². The van der Waals surface area contributed by atoms with Crippen LogP contribution in [0.1, 0.15) is 43.7 Å². The van der Waals surface area contributed by atoms with Gasteiger partial charge in [-0.2, -0.15) is 0 Å². The van der Waals surface area contributed by atoms with Crippen molar-refractivity contribution in [2.45, 2.75) is 51.9 Å². The first kappa shape index (κ1) is 27.3. The molecule has 2 N–H and O–H groups in total. The molecule has 2 heterocycles. The van der Waals surface area contributed by atoms with Crippen molar-refractivity contribution < 1.29 is 27.4 Å². The molecule has 10 heteroatoms. The molecular weight excluding hydrogens is 497 g/mol. The number of hydrogen-bond acceptors (Lipinski definition) is 5. The molecule has 0 aliphatic carbocycles. The van der Waals surface area contributed by atoms with Crippen LogP contribution in [0.4, 0.5) is 29.3 Å². The Balaban J connectivity index is 1.38. The molecule has 0 bridgehead atoms. The molecule has 4 rings (SSSR count). The average Bonchev–Trinajstić information content (AvgIpc) is 2.88.